The minimum Gasteiger partial charge on any atom is -0.396 e. The van der Waals surface area contributed by atoms with Gasteiger partial charge in [-0.2, -0.15) is 0 Å². The Hall–Kier alpha value is -0.340. The summed E-state index contributed by atoms with van der Waals surface area (Å²) in [6.07, 6.45) is 3.58. The van der Waals surface area contributed by atoms with Gasteiger partial charge in [0.2, 0.25) is 0 Å². The molecule has 0 aliphatic carbocycles. The first kappa shape index (κ1) is 9.83. The molecule has 0 saturated heterocycles. The van der Waals surface area contributed by atoms with Crippen molar-refractivity contribution in [2.24, 2.45) is 0 Å². The zero-order valence-electron chi connectivity index (χ0n) is 4.56. The van der Waals surface area contributed by atoms with Gasteiger partial charge in [0.05, 0.1) is 0 Å². The summed E-state index contributed by atoms with van der Waals surface area (Å²) in [7, 11) is 0. The molecule has 0 heterocycles. The van der Waals surface area contributed by atoms with E-state index in [-0.39, 0.29) is 12.8 Å². The highest BCUT2D eigenvalue weighted by Crippen LogP contribution is 1.83. The Morgan fingerprint density at radius 1 is 1.57 bits per heavy atom. The molecule has 0 aliphatic rings. The maximum atomic E-state index is 8.15. The van der Waals surface area contributed by atoms with Crippen molar-refractivity contribution in [3.8, 4) is 0 Å². The van der Waals surface area contributed by atoms with E-state index in [9.17, 15) is 0 Å². The van der Waals surface area contributed by atoms with Gasteiger partial charge < -0.3 is 11.3 Å². The number of aliphatic hydroxyl groups excluding tert-OH is 1. The molecule has 0 amide bonds. The van der Waals surface area contributed by atoms with Gasteiger partial charge >= 0.3 is 0 Å². The maximum absolute atomic E-state index is 8.15. The molecule has 0 unspecified atom stereocenters. The largest absolute Gasteiger partial charge is 0.396 e. The van der Waals surface area contributed by atoms with Crippen LogP contribution in [0.15, 0.2) is 12.7 Å². The summed E-state index contributed by atoms with van der Waals surface area (Å²) >= 11 is 0. The predicted molar refractivity (Wildman–Crippen MR) is 31.5 cm³/mol. The first-order valence-electron chi connectivity index (χ1n) is 2.13. The lowest BCUT2D eigenvalue weighted by molar-refractivity contribution is 0.289. The minimum absolute atomic E-state index is 0. The number of aliphatic hydroxyl groups is 1. The third-order valence-electron chi connectivity index (χ3n) is 0.566. The normalized spacial score (nSPS) is 7.00. The van der Waals surface area contributed by atoms with Gasteiger partial charge in [-0.05, 0) is 12.8 Å². The van der Waals surface area contributed by atoms with Crippen molar-refractivity contribution in [1.82, 2.24) is 6.15 Å². The molecule has 0 aliphatic heterocycles. The van der Waals surface area contributed by atoms with E-state index >= 15 is 0 Å². The Bertz CT molecular complexity index is 37.1. The highest BCUT2D eigenvalue weighted by Gasteiger charge is 1.72. The second kappa shape index (κ2) is 9.18. The lowest BCUT2D eigenvalue weighted by Crippen LogP contribution is -1.76. The summed E-state index contributed by atoms with van der Waals surface area (Å²) in [5, 5.41) is 8.15. The van der Waals surface area contributed by atoms with Crippen LogP contribution < -0.4 is 6.15 Å². The van der Waals surface area contributed by atoms with E-state index in [4.69, 9.17) is 5.11 Å². The molecule has 0 bridgehead atoms. The van der Waals surface area contributed by atoms with Crippen molar-refractivity contribution < 1.29 is 5.11 Å². The van der Waals surface area contributed by atoms with E-state index in [0.29, 0.717) is 0 Å². The molecule has 0 rings (SSSR count). The number of hydrogen-bond acceptors (Lipinski definition) is 2. The van der Waals surface area contributed by atoms with Crippen molar-refractivity contribution in [2.75, 3.05) is 6.61 Å². The number of hydrogen-bond donors (Lipinski definition) is 2. The molecule has 0 aromatic heterocycles. The van der Waals surface area contributed by atoms with Crippen LogP contribution in [-0.4, -0.2) is 11.7 Å². The lowest BCUT2D eigenvalue weighted by atomic mass is 10.3. The van der Waals surface area contributed by atoms with Crippen molar-refractivity contribution in [1.29, 1.82) is 0 Å². The molecule has 2 heteroatoms. The lowest BCUT2D eigenvalue weighted by Gasteiger charge is -1.81. The third kappa shape index (κ3) is 10.7. The molecule has 0 fully saturated rings. The molecular weight excluding hydrogens is 90.1 g/mol. The van der Waals surface area contributed by atoms with E-state index in [1.165, 1.54) is 0 Å². The van der Waals surface area contributed by atoms with Crippen molar-refractivity contribution in [3.63, 3.8) is 0 Å². The molecule has 44 valence electrons. The number of unbranched alkanes of at least 4 members (excludes halogenated alkanes) is 1. The standard InChI is InChI=1S/C5H10O.H3N/c1-2-3-4-5-6;/h2,6H,1,3-5H2;1H3. The highest BCUT2D eigenvalue weighted by molar-refractivity contribution is 4.64. The first-order chi connectivity index (χ1) is 2.91. The molecular formula is C5H13NO. The summed E-state index contributed by atoms with van der Waals surface area (Å²) < 4.78 is 0. The molecule has 0 spiro atoms. The molecule has 4 N–H and O–H groups in total. The summed E-state index contributed by atoms with van der Waals surface area (Å²) in [5.41, 5.74) is 0. The SMILES string of the molecule is C=CCCCO.N. The second-order valence-electron chi connectivity index (χ2n) is 1.15. The Morgan fingerprint density at radius 2 is 2.14 bits per heavy atom. The van der Waals surface area contributed by atoms with Gasteiger partial charge in [0, 0.05) is 6.61 Å². The molecule has 0 atom stereocenters. The molecule has 0 aromatic carbocycles. The van der Waals surface area contributed by atoms with E-state index in [0.717, 1.165) is 12.8 Å². The fraction of sp³-hybridized carbons (Fsp3) is 0.600. The molecule has 7 heavy (non-hydrogen) atoms. The molecule has 0 aromatic rings. The van der Waals surface area contributed by atoms with Crippen molar-refractivity contribution in [2.45, 2.75) is 12.8 Å². The first-order valence-corrected chi connectivity index (χ1v) is 2.13. The van der Waals surface area contributed by atoms with Crippen LogP contribution in [0.25, 0.3) is 0 Å². The zero-order valence-corrected chi connectivity index (χ0v) is 4.56. The summed E-state index contributed by atoms with van der Waals surface area (Å²) in [6.45, 7) is 3.77. The molecule has 2 nitrogen and oxygen atoms in total. The van der Waals surface area contributed by atoms with Gasteiger partial charge in [0.25, 0.3) is 0 Å². The van der Waals surface area contributed by atoms with Gasteiger partial charge in [0.15, 0.2) is 0 Å². The minimum atomic E-state index is 0. The van der Waals surface area contributed by atoms with Crippen molar-refractivity contribution >= 4 is 0 Å². The van der Waals surface area contributed by atoms with Crippen LogP contribution in [-0.2, 0) is 0 Å². The van der Waals surface area contributed by atoms with Gasteiger partial charge in [-0.15, -0.1) is 6.58 Å². The van der Waals surface area contributed by atoms with E-state index in [1.807, 2.05) is 0 Å². The van der Waals surface area contributed by atoms with E-state index < -0.39 is 0 Å². The van der Waals surface area contributed by atoms with Crippen LogP contribution >= 0.6 is 0 Å². The monoisotopic (exact) mass is 103 g/mol. The quantitative estimate of drug-likeness (QED) is 0.415. The Labute approximate surface area is 44.4 Å². The van der Waals surface area contributed by atoms with Crippen LogP contribution in [0.3, 0.4) is 0 Å². The van der Waals surface area contributed by atoms with Crippen LogP contribution in [0.2, 0.25) is 0 Å². The number of rotatable bonds is 3. The van der Waals surface area contributed by atoms with Crippen LogP contribution in [0.5, 0.6) is 0 Å². The molecule has 0 radical (unpaired) electrons. The Kier molecular flexibility index (Phi) is 12.9. The third-order valence-corrected chi connectivity index (χ3v) is 0.566. The van der Waals surface area contributed by atoms with E-state index in [2.05, 4.69) is 6.58 Å². The predicted octanol–water partition coefficient (Wildman–Crippen LogP) is 1.11. The Morgan fingerprint density at radius 3 is 2.29 bits per heavy atom. The summed E-state index contributed by atoms with van der Waals surface area (Å²) in [4.78, 5) is 0. The van der Waals surface area contributed by atoms with Gasteiger partial charge in [-0.1, -0.05) is 6.08 Å². The van der Waals surface area contributed by atoms with Gasteiger partial charge in [0.1, 0.15) is 0 Å². The van der Waals surface area contributed by atoms with E-state index in [1.54, 1.807) is 6.08 Å². The maximum Gasteiger partial charge on any atom is 0.0433 e. The van der Waals surface area contributed by atoms with Gasteiger partial charge in [-0.25, -0.2) is 0 Å². The topological polar surface area (TPSA) is 55.2 Å². The second-order valence-corrected chi connectivity index (χ2v) is 1.15. The van der Waals surface area contributed by atoms with Crippen LogP contribution in [0.4, 0.5) is 0 Å². The smallest absolute Gasteiger partial charge is 0.0433 e. The average molecular weight is 103 g/mol. The van der Waals surface area contributed by atoms with Crippen LogP contribution in [0.1, 0.15) is 12.8 Å². The zero-order chi connectivity index (χ0) is 4.83. The number of allylic oxidation sites excluding steroid dienone is 1. The molecule has 0 saturated carbocycles. The average Bonchev–Trinajstić information content (AvgIpc) is 1.61. The summed E-state index contributed by atoms with van der Waals surface area (Å²) in [5.74, 6) is 0. The highest BCUT2D eigenvalue weighted by atomic mass is 16.2. The Balaban J connectivity index is 0. The fourth-order valence-corrected chi connectivity index (χ4v) is 0.236. The fourth-order valence-electron chi connectivity index (χ4n) is 0.236. The van der Waals surface area contributed by atoms with Crippen LogP contribution in [0, 0.1) is 0 Å². The summed E-state index contributed by atoms with van der Waals surface area (Å²) in [6, 6.07) is 0. The van der Waals surface area contributed by atoms with Gasteiger partial charge in [-0.3, -0.25) is 0 Å². The van der Waals surface area contributed by atoms with Crippen molar-refractivity contribution in [3.05, 3.63) is 12.7 Å².